The van der Waals surface area contributed by atoms with Gasteiger partial charge >= 0.3 is 5.97 Å². The van der Waals surface area contributed by atoms with Crippen molar-refractivity contribution >= 4 is 29.2 Å². The fraction of sp³-hybridized carbons (Fsp3) is 0.304. The van der Waals surface area contributed by atoms with Crippen molar-refractivity contribution in [2.75, 3.05) is 23.4 Å². The number of hydrogen-bond acceptors (Lipinski definition) is 5. The minimum absolute atomic E-state index is 0.0658. The summed E-state index contributed by atoms with van der Waals surface area (Å²) in [7, 11) is 0. The average molecular weight is 405 g/mol. The Balaban J connectivity index is 1.49. The predicted octanol–water partition coefficient (Wildman–Crippen LogP) is 2.85. The van der Waals surface area contributed by atoms with Crippen molar-refractivity contribution in [1.29, 1.82) is 5.26 Å². The second-order valence-electron chi connectivity index (χ2n) is 7.11. The predicted molar refractivity (Wildman–Crippen MR) is 112 cm³/mol. The number of benzene rings is 2. The van der Waals surface area contributed by atoms with Crippen molar-refractivity contribution in [2.24, 2.45) is 5.92 Å². The van der Waals surface area contributed by atoms with Gasteiger partial charge in [-0.3, -0.25) is 14.4 Å². The van der Waals surface area contributed by atoms with Crippen LogP contribution < -0.4 is 10.2 Å². The second kappa shape index (κ2) is 9.70. The highest BCUT2D eigenvalue weighted by Crippen LogP contribution is 2.26. The summed E-state index contributed by atoms with van der Waals surface area (Å²) in [5.41, 5.74) is 3.33. The number of ether oxygens (including phenoxy) is 1. The van der Waals surface area contributed by atoms with Gasteiger partial charge in [-0.25, -0.2) is 0 Å². The van der Waals surface area contributed by atoms with Crippen LogP contribution in [0.2, 0.25) is 0 Å². The van der Waals surface area contributed by atoms with Crippen LogP contribution in [-0.4, -0.2) is 30.9 Å². The van der Waals surface area contributed by atoms with E-state index >= 15 is 0 Å². The van der Waals surface area contributed by atoms with Gasteiger partial charge in [-0.1, -0.05) is 31.2 Å². The fourth-order valence-electron chi connectivity index (χ4n) is 3.28. The van der Waals surface area contributed by atoms with Crippen LogP contribution in [0.25, 0.3) is 0 Å². The lowest BCUT2D eigenvalue weighted by Crippen LogP contribution is -2.28. The lowest BCUT2D eigenvalue weighted by molar-refractivity contribution is -0.151. The van der Waals surface area contributed by atoms with E-state index in [4.69, 9.17) is 10.00 Å². The van der Waals surface area contributed by atoms with Crippen LogP contribution in [0.4, 0.5) is 11.4 Å². The summed E-state index contributed by atoms with van der Waals surface area (Å²) >= 11 is 0. The zero-order valence-electron chi connectivity index (χ0n) is 16.8. The Morgan fingerprint density at radius 1 is 1.13 bits per heavy atom. The van der Waals surface area contributed by atoms with Crippen molar-refractivity contribution in [2.45, 2.75) is 26.2 Å². The molecule has 2 amide bonds. The lowest BCUT2D eigenvalue weighted by atomic mass is 10.1. The molecule has 0 saturated carbocycles. The Kier molecular flexibility index (Phi) is 6.81. The molecular weight excluding hydrogens is 382 g/mol. The van der Waals surface area contributed by atoms with Gasteiger partial charge in [0.2, 0.25) is 5.91 Å². The highest BCUT2D eigenvalue weighted by Gasteiger charge is 2.36. The van der Waals surface area contributed by atoms with Crippen LogP contribution in [-0.2, 0) is 32.0 Å². The molecule has 0 aromatic heterocycles. The van der Waals surface area contributed by atoms with E-state index in [1.54, 1.807) is 29.2 Å². The minimum Gasteiger partial charge on any atom is -0.455 e. The van der Waals surface area contributed by atoms with E-state index in [9.17, 15) is 14.4 Å². The molecule has 1 N–H and O–H groups in total. The number of nitrogens with one attached hydrogen (secondary N) is 1. The molecule has 0 aliphatic carbocycles. The van der Waals surface area contributed by atoms with Gasteiger partial charge in [0.1, 0.15) is 0 Å². The van der Waals surface area contributed by atoms with Crippen molar-refractivity contribution < 1.29 is 19.1 Å². The van der Waals surface area contributed by atoms with Crippen molar-refractivity contribution in [3.8, 4) is 6.07 Å². The number of rotatable bonds is 7. The van der Waals surface area contributed by atoms with E-state index in [0.717, 1.165) is 17.7 Å². The first-order valence-corrected chi connectivity index (χ1v) is 9.81. The van der Waals surface area contributed by atoms with Gasteiger partial charge in [0, 0.05) is 24.3 Å². The molecule has 1 aliphatic rings. The average Bonchev–Trinajstić information content (AvgIpc) is 3.15. The molecule has 0 bridgehead atoms. The third-order valence-electron chi connectivity index (χ3n) is 4.98. The first-order valence-electron chi connectivity index (χ1n) is 9.81. The maximum atomic E-state index is 12.3. The lowest BCUT2D eigenvalue weighted by Gasteiger charge is -2.17. The summed E-state index contributed by atoms with van der Waals surface area (Å²) in [5, 5.41) is 11.3. The van der Waals surface area contributed by atoms with E-state index in [1.807, 2.05) is 24.3 Å². The summed E-state index contributed by atoms with van der Waals surface area (Å²) in [5.74, 6) is -1.76. The molecule has 0 unspecified atom stereocenters. The van der Waals surface area contributed by atoms with Crippen LogP contribution in [0, 0.1) is 17.2 Å². The molecule has 2 aromatic carbocycles. The van der Waals surface area contributed by atoms with E-state index in [1.165, 1.54) is 5.56 Å². The maximum absolute atomic E-state index is 12.3. The SMILES string of the molecule is CCc1ccc(N2C[C@@H](C(=O)OCC(=O)Nc3ccc(CC#N)cc3)CC2=O)cc1. The molecule has 2 aromatic rings. The van der Waals surface area contributed by atoms with Crippen molar-refractivity contribution in [3.63, 3.8) is 0 Å². The standard InChI is InChI=1S/C23H23N3O4/c1-2-16-5-9-20(10-6-16)26-14-18(13-22(26)28)23(29)30-15-21(27)25-19-7-3-17(4-8-19)11-12-24/h3-10,18H,2,11,13-15H2,1H3,(H,25,27)/t18-/m0/s1. The molecule has 0 radical (unpaired) electrons. The first kappa shape index (κ1) is 21.1. The number of amides is 2. The second-order valence-corrected chi connectivity index (χ2v) is 7.11. The molecule has 154 valence electrons. The van der Waals surface area contributed by atoms with Crippen LogP contribution in [0.3, 0.4) is 0 Å². The number of nitriles is 1. The Bertz CT molecular complexity index is 961. The van der Waals surface area contributed by atoms with Crippen LogP contribution >= 0.6 is 0 Å². The van der Waals surface area contributed by atoms with Gasteiger partial charge in [0.15, 0.2) is 6.61 Å². The fourth-order valence-corrected chi connectivity index (χ4v) is 3.28. The Hall–Kier alpha value is -3.66. The van der Waals surface area contributed by atoms with E-state index in [0.29, 0.717) is 12.1 Å². The summed E-state index contributed by atoms with van der Waals surface area (Å²) < 4.78 is 5.12. The van der Waals surface area contributed by atoms with Gasteiger partial charge in [0.05, 0.1) is 18.4 Å². The summed E-state index contributed by atoms with van der Waals surface area (Å²) in [6, 6.07) is 16.6. The molecule has 7 nitrogen and oxygen atoms in total. The third-order valence-corrected chi connectivity index (χ3v) is 4.98. The van der Waals surface area contributed by atoms with Crippen molar-refractivity contribution in [1.82, 2.24) is 0 Å². The van der Waals surface area contributed by atoms with Gasteiger partial charge < -0.3 is 15.0 Å². The van der Waals surface area contributed by atoms with Crippen molar-refractivity contribution in [3.05, 3.63) is 59.7 Å². The van der Waals surface area contributed by atoms with E-state index in [2.05, 4.69) is 18.3 Å². The van der Waals surface area contributed by atoms with Crippen LogP contribution in [0.5, 0.6) is 0 Å². The number of carbonyl (C=O) groups excluding carboxylic acids is 3. The number of hydrogen-bond donors (Lipinski definition) is 1. The molecule has 1 atom stereocenters. The van der Waals surface area contributed by atoms with E-state index in [-0.39, 0.29) is 18.9 Å². The summed E-state index contributed by atoms with van der Waals surface area (Å²) in [4.78, 5) is 38.3. The zero-order valence-corrected chi connectivity index (χ0v) is 16.8. The highest BCUT2D eigenvalue weighted by atomic mass is 16.5. The number of aryl methyl sites for hydroxylation is 1. The van der Waals surface area contributed by atoms with Crippen LogP contribution in [0.1, 0.15) is 24.5 Å². The third kappa shape index (κ3) is 5.23. The Morgan fingerprint density at radius 3 is 2.43 bits per heavy atom. The normalized spacial score (nSPS) is 15.5. The van der Waals surface area contributed by atoms with Crippen LogP contribution in [0.15, 0.2) is 48.5 Å². The monoisotopic (exact) mass is 405 g/mol. The number of esters is 1. The molecule has 1 heterocycles. The van der Waals surface area contributed by atoms with Gasteiger partial charge in [-0.2, -0.15) is 5.26 Å². The minimum atomic E-state index is -0.596. The van der Waals surface area contributed by atoms with Gasteiger partial charge in [-0.15, -0.1) is 0 Å². The molecule has 7 heteroatoms. The first-order chi connectivity index (χ1) is 14.5. The maximum Gasteiger partial charge on any atom is 0.311 e. The largest absolute Gasteiger partial charge is 0.455 e. The molecule has 1 aliphatic heterocycles. The molecule has 30 heavy (non-hydrogen) atoms. The van der Waals surface area contributed by atoms with E-state index < -0.39 is 24.4 Å². The topological polar surface area (TPSA) is 99.5 Å². The number of anilines is 2. The molecule has 1 saturated heterocycles. The smallest absolute Gasteiger partial charge is 0.311 e. The molecule has 3 rings (SSSR count). The Labute approximate surface area is 175 Å². The zero-order chi connectivity index (χ0) is 21.5. The molecule has 1 fully saturated rings. The number of nitrogens with zero attached hydrogens (tertiary/aromatic N) is 2. The summed E-state index contributed by atoms with van der Waals surface area (Å²) in [6.07, 6.45) is 1.28. The van der Waals surface area contributed by atoms with Gasteiger partial charge in [0.25, 0.3) is 5.91 Å². The molecular formula is C23H23N3O4. The Morgan fingerprint density at radius 2 is 1.80 bits per heavy atom. The summed E-state index contributed by atoms with van der Waals surface area (Å²) in [6.45, 7) is 1.88. The quantitative estimate of drug-likeness (QED) is 0.714. The molecule has 0 spiro atoms. The van der Waals surface area contributed by atoms with Gasteiger partial charge in [-0.05, 0) is 41.8 Å². The number of carbonyl (C=O) groups is 3. The highest BCUT2D eigenvalue weighted by molar-refractivity contribution is 6.00.